The highest BCUT2D eigenvalue weighted by molar-refractivity contribution is 7.80. The molecular weight excluding hydrogens is 271 g/mol. The zero-order chi connectivity index (χ0) is 14.6. The molecule has 20 heavy (non-hydrogen) atoms. The zero-order valence-corrected chi connectivity index (χ0v) is 12.2. The summed E-state index contributed by atoms with van der Waals surface area (Å²) < 4.78 is 13.6. The van der Waals surface area contributed by atoms with E-state index in [2.05, 4.69) is 0 Å². The Balaban J connectivity index is 2.67. The summed E-state index contributed by atoms with van der Waals surface area (Å²) in [5.41, 5.74) is -0.896. The molecule has 2 aromatic rings. The molecule has 0 aliphatic rings. The van der Waals surface area contributed by atoms with Crippen LogP contribution in [0.5, 0.6) is 0 Å². The average molecular weight is 288 g/mol. The molecule has 0 amide bonds. The Bertz CT molecular complexity index is 579. The maximum absolute atomic E-state index is 13.6. The van der Waals surface area contributed by atoms with E-state index in [-0.39, 0.29) is 0 Å². The van der Waals surface area contributed by atoms with Gasteiger partial charge in [-0.25, -0.2) is 0 Å². The highest BCUT2D eigenvalue weighted by Gasteiger charge is 2.40. The van der Waals surface area contributed by atoms with Gasteiger partial charge in [0, 0.05) is 10.6 Å². The lowest BCUT2D eigenvalue weighted by atomic mass is 10.3. The summed E-state index contributed by atoms with van der Waals surface area (Å²) in [5.74, 6) is -1.01. The van der Waals surface area contributed by atoms with Crippen molar-refractivity contribution in [2.24, 2.45) is 0 Å². The number of rotatable bonds is 5. The molecule has 0 unspecified atom stereocenters. The van der Waals surface area contributed by atoms with Gasteiger partial charge in [0.15, 0.2) is 7.14 Å². The number of carboxylic acids is 1. The average Bonchev–Trinajstić information content (AvgIpc) is 2.49. The summed E-state index contributed by atoms with van der Waals surface area (Å²) in [6.45, 7) is 1.76. The van der Waals surface area contributed by atoms with E-state index in [1.807, 2.05) is 12.1 Å². The van der Waals surface area contributed by atoms with Gasteiger partial charge in [-0.1, -0.05) is 67.6 Å². The van der Waals surface area contributed by atoms with Gasteiger partial charge in [-0.15, -0.1) is 0 Å². The summed E-state index contributed by atoms with van der Waals surface area (Å²) in [6, 6.07) is 17.8. The SMILES string of the molecule is CC[C@H](C(=O)O)P(=O)(c1ccccc1)c1ccccc1. The molecule has 0 fully saturated rings. The van der Waals surface area contributed by atoms with Crippen molar-refractivity contribution in [1.29, 1.82) is 0 Å². The molecule has 4 heteroatoms. The van der Waals surface area contributed by atoms with Crippen molar-refractivity contribution < 1.29 is 14.5 Å². The van der Waals surface area contributed by atoms with Crippen molar-refractivity contribution >= 4 is 23.7 Å². The molecule has 0 spiro atoms. The van der Waals surface area contributed by atoms with E-state index in [1.54, 1.807) is 55.5 Å². The van der Waals surface area contributed by atoms with Crippen LogP contribution < -0.4 is 10.6 Å². The van der Waals surface area contributed by atoms with Crippen molar-refractivity contribution in [3.05, 3.63) is 60.7 Å². The Morgan fingerprint density at radius 3 is 1.70 bits per heavy atom. The minimum absolute atomic E-state index is 0.330. The zero-order valence-electron chi connectivity index (χ0n) is 11.3. The van der Waals surface area contributed by atoms with Crippen LogP contribution in [0, 0.1) is 0 Å². The van der Waals surface area contributed by atoms with Gasteiger partial charge >= 0.3 is 5.97 Å². The lowest BCUT2D eigenvalue weighted by Crippen LogP contribution is -2.31. The maximum Gasteiger partial charge on any atom is 0.314 e. The van der Waals surface area contributed by atoms with Gasteiger partial charge in [0.25, 0.3) is 0 Å². The predicted octanol–water partition coefficient (Wildman–Crippen LogP) is 2.86. The Kier molecular flexibility index (Phi) is 4.41. The van der Waals surface area contributed by atoms with Crippen molar-refractivity contribution in [3.8, 4) is 0 Å². The van der Waals surface area contributed by atoms with Crippen LogP contribution in [-0.2, 0) is 9.36 Å². The Labute approximate surface area is 118 Å². The molecule has 2 rings (SSSR count). The fourth-order valence-electron chi connectivity index (χ4n) is 2.40. The second-order valence-electron chi connectivity index (χ2n) is 4.59. The molecule has 2 aromatic carbocycles. The second kappa shape index (κ2) is 6.06. The number of hydrogen-bond donors (Lipinski definition) is 1. The lowest BCUT2D eigenvalue weighted by Gasteiger charge is -2.24. The van der Waals surface area contributed by atoms with Crippen LogP contribution in [-0.4, -0.2) is 16.7 Å². The van der Waals surface area contributed by atoms with Gasteiger partial charge in [-0.2, -0.15) is 0 Å². The van der Waals surface area contributed by atoms with E-state index >= 15 is 0 Å². The summed E-state index contributed by atoms with van der Waals surface area (Å²) in [6.07, 6.45) is 0.330. The van der Waals surface area contributed by atoms with Crippen LogP contribution in [0.2, 0.25) is 0 Å². The number of benzene rings is 2. The fourth-order valence-corrected chi connectivity index (χ4v) is 5.47. The highest BCUT2D eigenvalue weighted by Crippen LogP contribution is 2.49. The first kappa shape index (κ1) is 14.5. The molecular formula is C16H17O3P. The molecule has 0 aromatic heterocycles. The van der Waals surface area contributed by atoms with Gasteiger partial charge in [0.1, 0.15) is 5.66 Å². The molecule has 0 radical (unpaired) electrons. The highest BCUT2D eigenvalue weighted by atomic mass is 31.2. The number of carbonyl (C=O) groups is 1. The number of carboxylic acid groups (broad SMARTS) is 1. The van der Waals surface area contributed by atoms with E-state index in [4.69, 9.17) is 0 Å². The van der Waals surface area contributed by atoms with Gasteiger partial charge in [0.05, 0.1) is 0 Å². The van der Waals surface area contributed by atoms with E-state index in [9.17, 15) is 14.5 Å². The second-order valence-corrected chi connectivity index (χ2v) is 7.56. The molecule has 0 saturated heterocycles. The third-order valence-corrected chi connectivity index (χ3v) is 6.98. The van der Waals surface area contributed by atoms with Crippen molar-refractivity contribution in [2.75, 3.05) is 0 Å². The molecule has 0 saturated carbocycles. The largest absolute Gasteiger partial charge is 0.481 e. The Morgan fingerprint density at radius 1 is 1.00 bits per heavy atom. The minimum Gasteiger partial charge on any atom is -0.481 e. The fraction of sp³-hybridized carbons (Fsp3) is 0.188. The maximum atomic E-state index is 13.6. The van der Waals surface area contributed by atoms with Crippen LogP contribution >= 0.6 is 7.14 Å². The third kappa shape index (κ3) is 2.54. The summed E-state index contributed by atoms with van der Waals surface area (Å²) >= 11 is 0. The van der Waals surface area contributed by atoms with Crippen molar-refractivity contribution in [1.82, 2.24) is 0 Å². The standard InChI is InChI=1S/C16H17O3P/c1-2-15(16(17)18)20(19,13-9-5-3-6-10-13)14-11-7-4-8-12-14/h3-12,15H,2H2,1H3,(H,17,18)/t15-/m1/s1. The summed E-state index contributed by atoms with van der Waals surface area (Å²) in [4.78, 5) is 11.6. The summed E-state index contributed by atoms with van der Waals surface area (Å²) in [7, 11) is -3.19. The first-order valence-electron chi connectivity index (χ1n) is 6.54. The van der Waals surface area contributed by atoms with Crippen LogP contribution in [0.25, 0.3) is 0 Å². The quantitative estimate of drug-likeness (QED) is 0.861. The van der Waals surface area contributed by atoms with E-state index < -0.39 is 18.8 Å². The van der Waals surface area contributed by atoms with Crippen LogP contribution in [0.3, 0.4) is 0 Å². The van der Waals surface area contributed by atoms with Gasteiger partial charge in [0.2, 0.25) is 0 Å². The van der Waals surface area contributed by atoms with Crippen LogP contribution in [0.1, 0.15) is 13.3 Å². The Hall–Kier alpha value is -1.86. The molecule has 104 valence electrons. The smallest absolute Gasteiger partial charge is 0.314 e. The summed E-state index contributed by atoms with van der Waals surface area (Å²) in [5, 5.41) is 10.7. The van der Waals surface area contributed by atoms with Crippen LogP contribution in [0.4, 0.5) is 0 Å². The molecule has 1 N–H and O–H groups in total. The Morgan fingerprint density at radius 2 is 1.40 bits per heavy atom. The van der Waals surface area contributed by atoms with Gasteiger partial charge < -0.3 is 9.67 Å². The van der Waals surface area contributed by atoms with E-state index in [0.29, 0.717) is 17.0 Å². The monoisotopic (exact) mass is 288 g/mol. The predicted molar refractivity (Wildman–Crippen MR) is 81.5 cm³/mol. The number of aliphatic carboxylic acids is 1. The molecule has 0 heterocycles. The first-order chi connectivity index (χ1) is 9.60. The van der Waals surface area contributed by atoms with Gasteiger partial charge in [-0.05, 0) is 6.42 Å². The lowest BCUT2D eigenvalue weighted by molar-refractivity contribution is -0.136. The minimum atomic E-state index is -3.19. The van der Waals surface area contributed by atoms with Gasteiger partial charge in [-0.3, -0.25) is 4.79 Å². The first-order valence-corrected chi connectivity index (χ1v) is 8.32. The molecule has 3 nitrogen and oxygen atoms in total. The molecule has 0 aliphatic heterocycles. The van der Waals surface area contributed by atoms with E-state index in [0.717, 1.165) is 0 Å². The van der Waals surface area contributed by atoms with E-state index in [1.165, 1.54) is 0 Å². The van der Waals surface area contributed by atoms with Crippen LogP contribution in [0.15, 0.2) is 60.7 Å². The molecule has 0 aliphatic carbocycles. The normalized spacial score (nSPS) is 12.8. The number of hydrogen-bond acceptors (Lipinski definition) is 2. The molecule has 0 bridgehead atoms. The molecule has 1 atom stereocenters. The van der Waals surface area contributed by atoms with Crippen molar-refractivity contribution in [2.45, 2.75) is 19.0 Å². The van der Waals surface area contributed by atoms with Crippen molar-refractivity contribution in [3.63, 3.8) is 0 Å². The third-order valence-electron chi connectivity index (χ3n) is 3.39. The topological polar surface area (TPSA) is 54.4 Å².